The second kappa shape index (κ2) is 8.69. The Morgan fingerprint density at radius 1 is 1.47 bits per heavy atom. The van der Waals surface area contributed by atoms with Gasteiger partial charge < -0.3 is 15.6 Å². The Morgan fingerprint density at radius 2 is 2.26 bits per heavy atom. The molecule has 108 valence electrons. The first-order chi connectivity index (χ1) is 9.11. The second-order valence-electron chi connectivity index (χ2n) is 5.44. The van der Waals surface area contributed by atoms with Crippen LogP contribution in [0.15, 0.2) is 18.7 Å². The van der Waals surface area contributed by atoms with E-state index in [0.717, 1.165) is 19.4 Å². The van der Waals surface area contributed by atoms with E-state index in [2.05, 4.69) is 24.1 Å². The van der Waals surface area contributed by atoms with Gasteiger partial charge in [0.2, 0.25) is 5.91 Å². The number of imidazole rings is 1. The first-order valence-electron chi connectivity index (χ1n) is 7.04. The van der Waals surface area contributed by atoms with Crippen molar-refractivity contribution in [3.63, 3.8) is 0 Å². The summed E-state index contributed by atoms with van der Waals surface area (Å²) in [6, 6.07) is 0. The highest BCUT2D eigenvalue weighted by Gasteiger charge is 2.13. The molecule has 0 aliphatic rings. The van der Waals surface area contributed by atoms with Crippen molar-refractivity contribution in [1.29, 1.82) is 0 Å². The number of amides is 1. The van der Waals surface area contributed by atoms with E-state index in [1.807, 2.05) is 10.8 Å². The Labute approximate surface area is 115 Å². The summed E-state index contributed by atoms with van der Waals surface area (Å²) >= 11 is 0. The van der Waals surface area contributed by atoms with E-state index in [1.54, 1.807) is 12.5 Å². The predicted octanol–water partition coefficient (Wildman–Crippen LogP) is 1.40. The van der Waals surface area contributed by atoms with Crippen molar-refractivity contribution in [2.75, 3.05) is 13.1 Å². The van der Waals surface area contributed by atoms with Gasteiger partial charge in [0.05, 0.1) is 6.33 Å². The number of aromatic nitrogens is 2. The fourth-order valence-electron chi connectivity index (χ4n) is 2.17. The van der Waals surface area contributed by atoms with Gasteiger partial charge in [0.1, 0.15) is 0 Å². The molecule has 0 saturated carbocycles. The standard InChI is InChI=1S/C14H26N4O/c1-12(2)8-13(10-15)9-14(19)17-4-3-6-18-7-5-16-11-18/h5,7,11-13H,3-4,6,8-10,15H2,1-2H3,(H,17,19). The second-order valence-corrected chi connectivity index (χ2v) is 5.44. The average Bonchev–Trinajstić information content (AvgIpc) is 2.86. The zero-order valence-corrected chi connectivity index (χ0v) is 12.0. The smallest absolute Gasteiger partial charge is 0.220 e. The molecule has 19 heavy (non-hydrogen) atoms. The molecule has 1 unspecified atom stereocenters. The first-order valence-corrected chi connectivity index (χ1v) is 7.04. The van der Waals surface area contributed by atoms with Crippen molar-refractivity contribution in [1.82, 2.24) is 14.9 Å². The Morgan fingerprint density at radius 3 is 2.84 bits per heavy atom. The third-order valence-electron chi connectivity index (χ3n) is 3.09. The maximum absolute atomic E-state index is 11.8. The molecule has 5 nitrogen and oxygen atoms in total. The molecule has 1 aromatic heterocycles. The quantitative estimate of drug-likeness (QED) is 0.664. The Kier molecular flexibility index (Phi) is 7.18. The van der Waals surface area contributed by atoms with E-state index >= 15 is 0 Å². The Bertz CT molecular complexity index is 348. The van der Waals surface area contributed by atoms with Crippen LogP contribution in [-0.4, -0.2) is 28.5 Å². The number of rotatable bonds is 9. The number of carbonyl (C=O) groups excluding carboxylic acids is 1. The average molecular weight is 266 g/mol. The SMILES string of the molecule is CC(C)CC(CN)CC(=O)NCCCn1ccnc1. The van der Waals surface area contributed by atoms with Crippen molar-refractivity contribution < 1.29 is 4.79 Å². The fourth-order valence-corrected chi connectivity index (χ4v) is 2.17. The lowest BCUT2D eigenvalue weighted by Gasteiger charge is -2.16. The summed E-state index contributed by atoms with van der Waals surface area (Å²) < 4.78 is 2.01. The molecule has 1 rings (SSSR count). The van der Waals surface area contributed by atoms with Gasteiger partial charge in [-0.3, -0.25) is 4.79 Å². The highest BCUT2D eigenvalue weighted by Crippen LogP contribution is 2.13. The highest BCUT2D eigenvalue weighted by molar-refractivity contribution is 5.76. The van der Waals surface area contributed by atoms with E-state index in [1.165, 1.54) is 0 Å². The zero-order chi connectivity index (χ0) is 14.1. The highest BCUT2D eigenvalue weighted by atomic mass is 16.1. The van der Waals surface area contributed by atoms with Gasteiger partial charge in [0.25, 0.3) is 0 Å². The van der Waals surface area contributed by atoms with Gasteiger partial charge in [-0.15, -0.1) is 0 Å². The molecule has 0 radical (unpaired) electrons. The van der Waals surface area contributed by atoms with Crippen LogP contribution in [0, 0.1) is 11.8 Å². The molecule has 1 atom stereocenters. The van der Waals surface area contributed by atoms with Crippen molar-refractivity contribution in [3.05, 3.63) is 18.7 Å². The lowest BCUT2D eigenvalue weighted by Crippen LogP contribution is -2.29. The molecular weight excluding hydrogens is 240 g/mol. The summed E-state index contributed by atoms with van der Waals surface area (Å²) in [5, 5.41) is 2.95. The number of carbonyl (C=O) groups is 1. The fraction of sp³-hybridized carbons (Fsp3) is 0.714. The summed E-state index contributed by atoms with van der Waals surface area (Å²) in [5.41, 5.74) is 5.70. The van der Waals surface area contributed by atoms with Crippen molar-refractivity contribution >= 4 is 5.91 Å². The third kappa shape index (κ3) is 6.96. The van der Waals surface area contributed by atoms with Gasteiger partial charge in [0.15, 0.2) is 0 Å². The third-order valence-corrected chi connectivity index (χ3v) is 3.09. The molecular formula is C14H26N4O. The minimum atomic E-state index is 0.113. The molecule has 3 N–H and O–H groups in total. The van der Waals surface area contributed by atoms with Crippen LogP contribution in [0.3, 0.4) is 0 Å². The van der Waals surface area contributed by atoms with Gasteiger partial charge in [-0.25, -0.2) is 4.98 Å². The Hall–Kier alpha value is -1.36. The van der Waals surface area contributed by atoms with E-state index in [9.17, 15) is 4.79 Å². The summed E-state index contributed by atoms with van der Waals surface area (Å²) in [4.78, 5) is 15.7. The van der Waals surface area contributed by atoms with E-state index in [0.29, 0.717) is 31.3 Å². The van der Waals surface area contributed by atoms with Crippen LogP contribution in [0.1, 0.15) is 33.1 Å². The van der Waals surface area contributed by atoms with Crippen LogP contribution in [0.4, 0.5) is 0 Å². The number of aryl methyl sites for hydroxylation is 1. The monoisotopic (exact) mass is 266 g/mol. The molecule has 0 bridgehead atoms. The molecule has 5 heteroatoms. The summed E-state index contributed by atoms with van der Waals surface area (Å²) in [6.45, 7) is 6.49. The van der Waals surface area contributed by atoms with E-state index in [-0.39, 0.29) is 5.91 Å². The van der Waals surface area contributed by atoms with Crippen LogP contribution in [-0.2, 0) is 11.3 Å². The molecule has 0 aromatic carbocycles. The molecule has 0 aliphatic heterocycles. The first kappa shape index (κ1) is 15.7. The molecule has 1 aromatic rings. The van der Waals surface area contributed by atoms with Crippen LogP contribution >= 0.6 is 0 Å². The van der Waals surface area contributed by atoms with E-state index < -0.39 is 0 Å². The molecule has 0 spiro atoms. The maximum atomic E-state index is 11.8. The lowest BCUT2D eigenvalue weighted by molar-refractivity contribution is -0.122. The number of hydrogen-bond acceptors (Lipinski definition) is 3. The largest absolute Gasteiger partial charge is 0.356 e. The van der Waals surface area contributed by atoms with Crippen molar-refractivity contribution in [3.8, 4) is 0 Å². The van der Waals surface area contributed by atoms with Gasteiger partial charge in [-0.1, -0.05) is 13.8 Å². The molecule has 0 fully saturated rings. The Balaban J connectivity index is 2.12. The number of nitrogens with zero attached hydrogens (tertiary/aromatic N) is 2. The zero-order valence-electron chi connectivity index (χ0n) is 12.0. The van der Waals surface area contributed by atoms with E-state index in [4.69, 9.17) is 5.73 Å². The van der Waals surface area contributed by atoms with Gasteiger partial charge in [-0.2, -0.15) is 0 Å². The molecule has 1 heterocycles. The topological polar surface area (TPSA) is 72.9 Å². The van der Waals surface area contributed by atoms with Crippen LogP contribution < -0.4 is 11.1 Å². The van der Waals surface area contributed by atoms with Crippen LogP contribution in [0.5, 0.6) is 0 Å². The summed E-state index contributed by atoms with van der Waals surface area (Å²) in [5.74, 6) is 0.998. The van der Waals surface area contributed by atoms with Crippen molar-refractivity contribution in [2.45, 2.75) is 39.7 Å². The summed E-state index contributed by atoms with van der Waals surface area (Å²) in [6.07, 6.45) is 7.94. The minimum absolute atomic E-state index is 0.113. The van der Waals surface area contributed by atoms with Crippen molar-refractivity contribution in [2.24, 2.45) is 17.6 Å². The normalized spacial score (nSPS) is 12.6. The number of nitrogens with two attached hydrogens (primary N) is 1. The lowest BCUT2D eigenvalue weighted by atomic mass is 9.94. The number of hydrogen-bond donors (Lipinski definition) is 2. The molecule has 0 aliphatic carbocycles. The van der Waals surface area contributed by atoms with Gasteiger partial charge in [0, 0.05) is 31.9 Å². The van der Waals surface area contributed by atoms with Gasteiger partial charge in [-0.05, 0) is 31.2 Å². The molecule has 1 amide bonds. The maximum Gasteiger partial charge on any atom is 0.220 e. The summed E-state index contributed by atoms with van der Waals surface area (Å²) in [7, 11) is 0. The minimum Gasteiger partial charge on any atom is -0.356 e. The molecule has 0 saturated heterocycles. The number of nitrogens with one attached hydrogen (secondary N) is 1. The van der Waals surface area contributed by atoms with Gasteiger partial charge >= 0.3 is 0 Å². The predicted molar refractivity (Wildman–Crippen MR) is 76.5 cm³/mol. The van der Waals surface area contributed by atoms with Crippen LogP contribution in [0.25, 0.3) is 0 Å². The van der Waals surface area contributed by atoms with Crippen LogP contribution in [0.2, 0.25) is 0 Å².